The smallest absolute Gasteiger partial charge is 0.220 e. The van der Waals surface area contributed by atoms with Gasteiger partial charge in [-0.05, 0) is 20.3 Å². The molecule has 5 heteroatoms. The van der Waals surface area contributed by atoms with Gasteiger partial charge in [0.15, 0.2) is 0 Å². The maximum atomic E-state index is 11.4. The fraction of sp³-hybridized carbons (Fsp3) is 0.600. The molecular weight excluding hydrogens is 216 g/mol. The molecule has 0 spiro atoms. The van der Waals surface area contributed by atoms with Crippen LogP contribution in [0.3, 0.4) is 0 Å². The number of hydrogen-bond donors (Lipinski definition) is 1. The van der Waals surface area contributed by atoms with Crippen molar-refractivity contribution in [2.45, 2.75) is 32.7 Å². The van der Waals surface area contributed by atoms with E-state index in [2.05, 4.69) is 10.3 Å². The number of rotatable bonds is 5. The zero-order valence-electron chi connectivity index (χ0n) is 8.92. The Balaban J connectivity index is 2.41. The Morgan fingerprint density at radius 3 is 3.00 bits per heavy atom. The van der Waals surface area contributed by atoms with Crippen LogP contribution in [0.1, 0.15) is 37.5 Å². The van der Waals surface area contributed by atoms with Gasteiger partial charge in [-0.2, -0.15) is 0 Å². The first-order valence-corrected chi connectivity index (χ1v) is 5.44. The Labute approximate surface area is 94.0 Å². The number of carbonyl (C=O) groups is 1. The molecule has 1 rings (SSSR count). The van der Waals surface area contributed by atoms with Gasteiger partial charge >= 0.3 is 0 Å². The van der Waals surface area contributed by atoms with Crippen LogP contribution in [0.4, 0.5) is 0 Å². The molecule has 0 radical (unpaired) electrons. The normalized spacial score (nSPS) is 12.5. The Morgan fingerprint density at radius 1 is 1.73 bits per heavy atom. The van der Waals surface area contributed by atoms with Crippen LogP contribution < -0.4 is 5.32 Å². The number of carbonyl (C=O) groups excluding carboxylic acids is 1. The number of alkyl halides is 1. The first kappa shape index (κ1) is 12.0. The second-order valence-corrected chi connectivity index (χ2v) is 3.77. The Bertz CT molecular complexity index is 325. The largest absolute Gasteiger partial charge is 0.444 e. The summed E-state index contributed by atoms with van der Waals surface area (Å²) >= 11 is 5.49. The molecule has 1 unspecified atom stereocenters. The lowest BCUT2D eigenvalue weighted by molar-refractivity contribution is -0.121. The molecule has 0 aliphatic carbocycles. The Kier molecular flexibility index (Phi) is 4.62. The van der Waals surface area contributed by atoms with Crippen LogP contribution in [0, 0.1) is 6.92 Å². The molecule has 1 N–H and O–H groups in total. The predicted molar refractivity (Wildman–Crippen MR) is 57.8 cm³/mol. The second kappa shape index (κ2) is 5.75. The molecule has 0 aliphatic rings. The van der Waals surface area contributed by atoms with E-state index in [9.17, 15) is 4.79 Å². The van der Waals surface area contributed by atoms with Crippen molar-refractivity contribution >= 4 is 17.5 Å². The number of halogens is 1. The topological polar surface area (TPSA) is 55.1 Å². The third kappa shape index (κ3) is 3.91. The molecule has 0 fully saturated rings. The highest BCUT2D eigenvalue weighted by Gasteiger charge is 2.13. The fourth-order valence-corrected chi connectivity index (χ4v) is 1.31. The number of aromatic nitrogens is 1. The molecule has 1 heterocycles. The molecule has 0 aliphatic heterocycles. The lowest BCUT2D eigenvalue weighted by Gasteiger charge is -2.09. The van der Waals surface area contributed by atoms with Gasteiger partial charge in [-0.25, -0.2) is 4.98 Å². The van der Waals surface area contributed by atoms with E-state index < -0.39 is 0 Å². The molecule has 84 valence electrons. The van der Waals surface area contributed by atoms with Gasteiger partial charge in [0.2, 0.25) is 11.8 Å². The van der Waals surface area contributed by atoms with Gasteiger partial charge in [-0.1, -0.05) is 0 Å². The summed E-state index contributed by atoms with van der Waals surface area (Å²) in [6.07, 6.45) is 2.76. The Morgan fingerprint density at radius 2 is 2.47 bits per heavy atom. The van der Waals surface area contributed by atoms with Crippen LogP contribution in [-0.4, -0.2) is 16.8 Å². The quantitative estimate of drug-likeness (QED) is 0.789. The number of amides is 1. The first-order chi connectivity index (χ1) is 7.13. The lowest BCUT2D eigenvalue weighted by Crippen LogP contribution is -2.26. The van der Waals surface area contributed by atoms with Crippen molar-refractivity contribution in [2.24, 2.45) is 0 Å². The number of nitrogens with zero attached hydrogens (tertiary/aromatic N) is 1. The molecule has 0 aromatic carbocycles. The molecule has 1 atom stereocenters. The van der Waals surface area contributed by atoms with Gasteiger partial charge in [0, 0.05) is 12.3 Å². The second-order valence-electron chi connectivity index (χ2n) is 3.39. The molecule has 15 heavy (non-hydrogen) atoms. The van der Waals surface area contributed by atoms with E-state index in [1.54, 1.807) is 6.20 Å². The summed E-state index contributed by atoms with van der Waals surface area (Å²) in [5, 5.41) is 2.79. The Hall–Kier alpha value is -1.03. The highest BCUT2D eigenvalue weighted by Crippen LogP contribution is 2.12. The van der Waals surface area contributed by atoms with Crippen LogP contribution in [-0.2, 0) is 4.79 Å². The van der Waals surface area contributed by atoms with Crippen molar-refractivity contribution in [3.05, 3.63) is 17.8 Å². The maximum Gasteiger partial charge on any atom is 0.220 e. The van der Waals surface area contributed by atoms with Crippen LogP contribution in [0.15, 0.2) is 10.6 Å². The van der Waals surface area contributed by atoms with Crippen molar-refractivity contribution < 1.29 is 9.21 Å². The average Bonchev–Trinajstić information content (AvgIpc) is 2.61. The van der Waals surface area contributed by atoms with Crippen LogP contribution in [0.5, 0.6) is 0 Å². The third-order valence-electron chi connectivity index (χ3n) is 1.92. The molecular formula is C10H15ClN2O2. The SMILES string of the molecule is Cc1cnc(C(C)NC(=O)CCCCl)o1. The molecule has 1 amide bonds. The van der Waals surface area contributed by atoms with E-state index in [0.29, 0.717) is 24.6 Å². The van der Waals surface area contributed by atoms with Crippen molar-refractivity contribution in [1.82, 2.24) is 10.3 Å². The summed E-state index contributed by atoms with van der Waals surface area (Å²) in [6, 6.07) is -0.193. The van der Waals surface area contributed by atoms with E-state index in [-0.39, 0.29) is 11.9 Å². The minimum Gasteiger partial charge on any atom is -0.444 e. The van der Waals surface area contributed by atoms with Crippen molar-refractivity contribution in [2.75, 3.05) is 5.88 Å². The maximum absolute atomic E-state index is 11.4. The van der Waals surface area contributed by atoms with E-state index in [1.165, 1.54) is 0 Å². The highest BCUT2D eigenvalue weighted by atomic mass is 35.5. The van der Waals surface area contributed by atoms with Crippen molar-refractivity contribution in [3.63, 3.8) is 0 Å². The highest BCUT2D eigenvalue weighted by molar-refractivity contribution is 6.17. The summed E-state index contributed by atoms with van der Waals surface area (Å²) in [7, 11) is 0. The van der Waals surface area contributed by atoms with Gasteiger partial charge in [0.25, 0.3) is 0 Å². The summed E-state index contributed by atoms with van der Waals surface area (Å²) in [5.74, 6) is 1.75. The molecule has 0 saturated heterocycles. The number of nitrogens with one attached hydrogen (secondary N) is 1. The van der Waals surface area contributed by atoms with E-state index in [4.69, 9.17) is 16.0 Å². The van der Waals surface area contributed by atoms with E-state index in [1.807, 2.05) is 13.8 Å². The van der Waals surface area contributed by atoms with Crippen molar-refractivity contribution in [3.8, 4) is 0 Å². The monoisotopic (exact) mass is 230 g/mol. The fourth-order valence-electron chi connectivity index (χ4n) is 1.18. The number of aryl methyl sites for hydroxylation is 1. The molecule has 1 aromatic heterocycles. The van der Waals surface area contributed by atoms with Crippen molar-refractivity contribution in [1.29, 1.82) is 0 Å². The zero-order chi connectivity index (χ0) is 11.3. The third-order valence-corrected chi connectivity index (χ3v) is 2.19. The summed E-state index contributed by atoms with van der Waals surface area (Å²) < 4.78 is 5.30. The standard InChI is InChI=1S/C10H15ClN2O2/c1-7-6-12-10(15-7)8(2)13-9(14)4-3-5-11/h6,8H,3-5H2,1-2H3,(H,13,14). The van der Waals surface area contributed by atoms with Gasteiger partial charge in [-0.3, -0.25) is 4.79 Å². The lowest BCUT2D eigenvalue weighted by atomic mass is 10.3. The van der Waals surface area contributed by atoms with Gasteiger partial charge in [0.05, 0.1) is 6.20 Å². The molecule has 0 saturated carbocycles. The van der Waals surface area contributed by atoms with Gasteiger partial charge in [0.1, 0.15) is 11.8 Å². The van der Waals surface area contributed by atoms with Gasteiger partial charge < -0.3 is 9.73 Å². The van der Waals surface area contributed by atoms with E-state index >= 15 is 0 Å². The summed E-state index contributed by atoms with van der Waals surface area (Å²) in [4.78, 5) is 15.4. The van der Waals surface area contributed by atoms with Crippen LogP contribution in [0.25, 0.3) is 0 Å². The zero-order valence-corrected chi connectivity index (χ0v) is 9.67. The molecule has 4 nitrogen and oxygen atoms in total. The first-order valence-electron chi connectivity index (χ1n) is 4.91. The minimum absolute atomic E-state index is 0.0287. The van der Waals surface area contributed by atoms with Gasteiger partial charge in [-0.15, -0.1) is 11.6 Å². The number of hydrogen-bond acceptors (Lipinski definition) is 3. The molecule has 1 aromatic rings. The minimum atomic E-state index is -0.193. The predicted octanol–water partition coefficient (Wildman–Crippen LogP) is 2.18. The summed E-state index contributed by atoms with van der Waals surface area (Å²) in [6.45, 7) is 3.66. The molecule has 0 bridgehead atoms. The number of oxazole rings is 1. The van der Waals surface area contributed by atoms with E-state index in [0.717, 1.165) is 5.76 Å². The van der Waals surface area contributed by atoms with Crippen LogP contribution >= 0.6 is 11.6 Å². The van der Waals surface area contributed by atoms with Crippen LogP contribution in [0.2, 0.25) is 0 Å². The summed E-state index contributed by atoms with van der Waals surface area (Å²) in [5.41, 5.74) is 0. The average molecular weight is 231 g/mol.